The minimum atomic E-state index is -1.06. The van der Waals surface area contributed by atoms with Gasteiger partial charge < -0.3 is 15.0 Å². The molecular formula is C15H16F2N2O2. The molecule has 0 saturated carbocycles. The summed E-state index contributed by atoms with van der Waals surface area (Å²) in [6.07, 6.45) is 1.45. The van der Waals surface area contributed by atoms with Crippen molar-refractivity contribution >= 4 is 5.91 Å². The monoisotopic (exact) mass is 294 g/mol. The van der Waals surface area contributed by atoms with E-state index in [-0.39, 0.29) is 12.1 Å². The van der Waals surface area contributed by atoms with E-state index in [9.17, 15) is 18.7 Å². The van der Waals surface area contributed by atoms with Gasteiger partial charge in [-0.25, -0.2) is 8.78 Å². The van der Waals surface area contributed by atoms with E-state index in [1.165, 1.54) is 6.07 Å². The number of amides is 1. The van der Waals surface area contributed by atoms with Gasteiger partial charge in [0.05, 0.1) is 6.10 Å². The molecule has 1 heterocycles. The molecule has 2 aromatic rings. The number of nitrogens with one attached hydrogen (secondary N) is 1. The van der Waals surface area contributed by atoms with Crippen molar-refractivity contribution in [2.75, 3.05) is 6.54 Å². The van der Waals surface area contributed by atoms with Crippen molar-refractivity contribution < 1.29 is 18.7 Å². The zero-order valence-corrected chi connectivity index (χ0v) is 11.5. The van der Waals surface area contributed by atoms with Crippen LogP contribution in [0.4, 0.5) is 8.78 Å². The first-order valence-corrected chi connectivity index (χ1v) is 6.51. The van der Waals surface area contributed by atoms with Crippen LogP contribution < -0.4 is 5.32 Å². The number of hydrogen-bond donors (Lipinski definition) is 2. The Kier molecular flexibility index (Phi) is 4.70. The Balaban J connectivity index is 1.87. The highest BCUT2D eigenvalue weighted by Crippen LogP contribution is 2.15. The molecule has 1 aromatic carbocycles. The average molecular weight is 294 g/mol. The van der Waals surface area contributed by atoms with Gasteiger partial charge in [-0.1, -0.05) is 0 Å². The highest BCUT2D eigenvalue weighted by atomic mass is 19.2. The van der Waals surface area contributed by atoms with Crippen LogP contribution in [0.25, 0.3) is 0 Å². The van der Waals surface area contributed by atoms with E-state index < -0.39 is 23.6 Å². The van der Waals surface area contributed by atoms with Gasteiger partial charge >= 0.3 is 0 Å². The van der Waals surface area contributed by atoms with E-state index in [4.69, 9.17) is 0 Å². The van der Waals surface area contributed by atoms with Gasteiger partial charge in [0.25, 0.3) is 5.91 Å². The number of rotatable bonds is 5. The minimum absolute atomic E-state index is 0.0438. The fraction of sp³-hybridized carbons (Fsp3) is 0.267. The fourth-order valence-electron chi connectivity index (χ4n) is 2.03. The van der Waals surface area contributed by atoms with Gasteiger partial charge in [0.1, 0.15) is 0 Å². The molecule has 1 atom stereocenters. The van der Waals surface area contributed by atoms with Crippen molar-refractivity contribution in [3.63, 3.8) is 0 Å². The highest BCUT2D eigenvalue weighted by molar-refractivity contribution is 5.94. The first kappa shape index (κ1) is 15.2. The van der Waals surface area contributed by atoms with Crippen molar-refractivity contribution in [3.8, 4) is 0 Å². The Bertz CT molecular complexity index is 640. The third-order valence-electron chi connectivity index (χ3n) is 3.21. The van der Waals surface area contributed by atoms with Crippen molar-refractivity contribution in [3.05, 3.63) is 59.4 Å². The average Bonchev–Trinajstić information content (AvgIpc) is 2.88. The standard InChI is InChI=1S/C15H16F2N2O2/c1-19-8-2-3-13(19)14(20)6-7-18-15(21)10-4-5-11(16)12(17)9-10/h2-5,8-9,14,20H,6-7H2,1H3,(H,18,21). The zero-order valence-electron chi connectivity index (χ0n) is 11.5. The van der Waals surface area contributed by atoms with Gasteiger partial charge in [0.15, 0.2) is 11.6 Å². The van der Waals surface area contributed by atoms with Crippen LogP contribution in [0.3, 0.4) is 0 Å². The summed E-state index contributed by atoms with van der Waals surface area (Å²) in [7, 11) is 1.82. The third kappa shape index (κ3) is 3.66. The Hall–Kier alpha value is -2.21. The van der Waals surface area contributed by atoms with Crippen LogP contribution in [0.2, 0.25) is 0 Å². The van der Waals surface area contributed by atoms with E-state index in [0.29, 0.717) is 6.42 Å². The Morgan fingerprint density at radius 3 is 2.71 bits per heavy atom. The van der Waals surface area contributed by atoms with Crippen LogP contribution in [-0.2, 0) is 7.05 Å². The lowest BCUT2D eigenvalue weighted by molar-refractivity contribution is 0.0940. The molecule has 0 bridgehead atoms. The van der Waals surface area contributed by atoms with Crippen LogP contribution in [0, 0.1) is 11.6 Å². The Morgan fingerprint density at radius 2 is 2.10 bits per heavy atom. The molecule has 1 unspecified atom stereocenters. The SMILES string of the molecule is Cn1cccc1C(O)CCNC(=O)c1ccc(F)c(F)c1. The van der Waals surface area contributed by atoms with E-state index in [0.717, 1.165) is 17.8 Å². The molecule has 0 aliphatic rings. The maximum atomic E-state index is 13.0. The minimum Gasteiger partial charge on any atom is -0.387 e. The van der Waals surface area contributed by atoms with Gasteiger partial charge in [-0.15, -0.1) is 0 Å². The molecule has 0 aliphatic carbocycles. The molecule has 2 N–H and O–H groups in total. The molecule has 0 spiro atoms. The fourth-order valence-corrected chi connectivity index (χ4v) is 2.03. The summed E-state index contributed by atoms with van der Waals surface area (Å²) in [6.45, 7) is 0.226. The molecule has 0 saturated heterocycles. The molecule has 0 fully saturated rings. The summed E-state index contributed by atoms with van der Waals surface area (Å²) in [5, 5.41) is 12.5. The Labute approximate surface area is 121 Å². The lowest BCUT2D eigenvalue weighted by atomic mass is 10.1. The summed E-state index contributed by atoms with van der Waals surface area (Å²) in [5.41, 5.74) is 0.791. The zero-order chi connectivity index (χ0) is 15.4. The van der Waals surface area contributed by atoms with Crippen molar-refractivity contribution in [1.82, 2.24) is 9.88 Å². The molecular weight excluding hydrogens is 278 g/mol. The second-order valence-corrected chi connectivity index (χ2v) is 4.73. The number of halogens is 2. The predicted octanol–water partition coefficient (Wildman–Crippen LogP) is 2.16. The van der Waals surface area contributed by atoms with Crippen molar-refractivity contribution in [2.24, 2.45) is 7.05 Å². The predicted molar refractivity (Wildman–Crippen MR) is 73.7 cm³/mol. The quantitative estimate of drug-likeness (QED) is 0.888. The largest absolute Gasteiger partial charge is 0.387 e. The van der Waals surface area contributed by atoms with Crippen molar-refractivity contribution in [1.29, 1.82) is 0 Å². The van der Waals surface area contributed by atoms with Gasteiger partial charge in [-0.2, -0.15) is 0 Å². The van der Waals surface area contributed by atoms with E-state index in [1.807, 2.05) is 19.3 Å². The second-order valence-electron chi connectivity index (χ2n) is 4.73. The number of aromatic nitrogens is 1. The molecule has 1 amide bonds. The topological polar surface area (TPSA) is 54.3 Å². The number of benzene rings is 1. The van der Waals surface area contributed by atoms with Crippen LogP contribution in [0.15, 0.2) is 36.5 Å². The van der Waals surface area contributed by atoms with E-state index in [1.54, 1.807) is 10.6 Å². The summed E-state index contributed by atoms with van der Waals surface area (Å²) < 4.78 is 27.6. The first-order valence-electron chi connectivity index (χ1n) is 6.51. The van der Waals surface area contributed by atoms with Crippen LogP contribution in [0.1, 0.15) is 28.6 Å². The van der Waals surface area contributed by atoms with Crippen LogP contribution in [0.5, 0.6) is 0 Å². The number of aliphatic hydroxyl groups excluding tert-OH is 1. The molecule has 2 rings (SSSR count). The van der Waals surface area contributed by atoms with Gasteiger partial charge in [-0.05, 0) is 36.8 Å². The van der Waals surface area contributed by atoms with Crippen LogP contribution in [-0.4, -0.2) is 22.1 Å². The summed E-state index contributed by atoms with van der Waals surface area (Å²) in [5.74, 6) is -2.56. The number of carbonyl (C=O) groups excluding carboxylic acids is 1. The lowest BCUT2D eigenvalue weighted by Gasteiger charge is -2.12. The van der Waals surface area contributed by atoms with Gasteiger partial charge in [0, 0.05) is 31.0 Å². The summed E-state index contributed by atoms with van der Waals surface area (Å²) in [4.78, 5) is 11.8. The van der Waals surface area contributed by atoms with E-state index in [2.05, 4.69) is 5.32 Å². The maximum absolute atomic E-state index is 13.0. The summed E-state index contributed by atoms with van der Waals surface area (Å²) in [6, 6.07) is 6.57. The number of carbonyl (C=O) groups is 1. The molecule has 1 aromatic heterocycles. The summed E-state index contributed by atoms with van der Waals surface area (Å²) >= 11 is 0. The van der Waals surface area contributed by atoms with Gasteiger partial charge in [0.2, 0.25) is 0 Å². The van der Waals surface area contributed by atoms with Crippen LogP contribution >= 0.6 is 0 Å². The number of hydrogen-bond acceptors (Lipinski definition) is 2. The molecule has 21 heavy (non-hydrogen) atoms. The molecule has 112 valence electrons. The van der Waals surface area contributed by atoms with Gasteiger partial charge in [-0.3, -0.25) is 4.79 Å². The smallest absolute Gasteiger partial charge is 0.251 e. The molecule has 4 nitrogen and oxygen atoms in total. The highest BCUT2D eigenvalue weighted by Gasteiger charge is 2.12. The number of nitrogens with zero attached hydrogens (tertiary/aromatic N) is 1. The molecule has 6 heteroatoms. The molecule has 0 radical (unpaired) electrons. The second kappa shape index (κ2) is 6.49. The lowest BCUT2D eigenvalue weighted by Crippen LogP contribution is -2.26. The number of aryl methyl sites for hydroxylation is 1. The number of aliphatic hydroxyl groups is 1. The normalized spacial score (nSPS) is 12.2. The third-order valence-corrected chi connectivity index (χ3v) is 3.21. The first-order chi connectivity index (χ1) is 9.99. The molecule has 0 aliphatic heterocycles. The Morgan fingerprint density at radius 1 is 1.33 bits per heavy atom. The maximum Gasteiger partial charge on any atom is 0.251 e. The van der Waals surface area contributed by atoms with Crippen molar-refractivity contribution in [2.45, 2.75) is 12.5 Å². The van der Waals surface area contributed by atoms with E-state index >= 15 is 0 Å².